The van der Waals surface area contributed by atoms with Crippen LogP contribution in [0.15, 0.2) is 23.1 Å². The van der Waals surface area contributed by atoms with E-state index in [1.165, 1.54) is 18.2 Å². The second-order valence-corrected chi connectivity index (χ2v) is 8.21. The number of rotatable bonds is 4. The lowest BCUT2D eigenvalue weighted by atomic mass is 9.84. The normalized spacial score (nSPS) is 18.9. The molecule has 0 aromatic heterocycles. The van der Waals surface area contributed by atoms with Gasteiger partial charge in [0.15, 0.2) is 0 Å². The van der Waals surface area contributed by atoms with Gasteiger partial charge in [0, 0.05) is 10.9 Å². The summed E-state index contributed by atoms with van der Waals surface area (Å²) in [5.41, 5.74) is -0.400. The maximum atomic E-state index is 12.5. The van der Waals surface area contributed by atoms with E-state index in [-0.39, 0.29) is 9.92 Å². The zero-order valence-electron chi connectivity index (χ0n) is 10.8. The molecule has 0 aliphatic heterocycles. The first-order valence-electron chi connectivity index (χ1n) is 6.44. The maximum Gasteiger partial charge on any atom is 0.241 e. The van der Waals surface area contributed by atoms with Crippen LogP contribution in [0.4, 0.5) is 0 Å². The molecule has 0 saturated heterocycles. The molecular weight excluding hydrogens is 385 g/mol. The Morgan fingerprint density at radius 3 is 2.35 bits per heavy atom. The van der Waals surface area contributed by atoms with Crippen molar-refractivity contribution in [1.82, 2.24) is 4.72 Å². The van der Waals surface area contributed by atoms with Gasteiger partial charge in [-0.3, -0.25) is 0 Å². The maximum absolute atomic E-state index is 12.5. The van der Waals surface area contributed by atoms with Crippen molar-refractivity contribution >= 4 is 49.2 Å². The van der Waals surface area contributed by atoms with Crippen molar-refractivity contribution in [3.05, 3.63) is 28.2 Å². The van der Waals surface area contributed by atoms with E-state index in [1.54, 1.807) is 0 Å². The highest BCUT2D eigenvalue weighted by atomic mass is 79.9. The molecule has 1 N–H and O–H groups in total. The van der Waals surface area contributed by atoms with Crippen LogP contribution < -0.4 is 4.72 Å². The Kier molecular flexibility index (Phi) is 5.40. The molecule has 0 radical (unpaired) electrons. The van der Waals surface area contributed by atoms with Gasteiger partial charge in [-0.15, -0.1) is 0 Å². The van der Waals surface area contributed by atoms with Crippen LogP contribution in [0, 0.1) is 0 Å². The summed E-state index contributed by atoms with van der Waals surface area (Å²) in [6.07, 6.45) is 4.92. The van der Waals surface area contributed by atoms with Crippen molar-refractivity contribution in [3.63, 3.8) is 0 Å². The van der Waals surface area contributed by atoms with Crippen molar-refractivity contribution in [1.29, 1.82) is 0 Å². The minimum atomic E-state index is -3.59. The molecule has 3 nitrogen and oxygen atoms in total. The van der Waals surface area contributed by atoms with Crippen LogP contribution in [0.1, 0.15) is 32.1 Å². The molecule has 1 aliphatic rings. The van der Waals surface area contributed by atoms with Gasteiger partial charge in [-0.1, -0.05) is 58.4 Å². The number of alkyl halides is 1. The van der Waals surface area contributed by atoms with E-state index in [0.717, 1.165) is 32.1 Å². The van der Waals surface area contributed by atoms with E-state index in [9.17, 15) is 8.42 Å². The Hall–Kier alpha value is 0.190. The standard InChI is InChI=1S/C13H16BrCl2NO2S/c14-9-13(6-2-1-3-7-13)17-20(18,19)10-4-5-11(15)12(16)8-10/h4-5,8,17H,1-3,6-7,9H2. The van der Waals surface area contributed by atoms with Gasteiger partial charge in [0.1, 0.15) is 0 Å². The summed E-state index contributed by atoms with van der Waals surface area (Å²) in [4.78, 5) is 0.151. The van der Waals surface area contributed by atoms with Gasteiger partial charge in [-0.2, -0.15) is 0 Å². The first kappa shape index (κ1) is 16.6. The van der Waals surface area contributed by atoms with Crippen molar-refractivity contribution in [2.24, 2.45) is 0 Å². The minimum Gasteiger partial charge on any atom is -0.207 e. The van der Waals surface area contributed by atoms with Crippen molar-refractivity contribution < 1.29 is 8.42 Å². The number of halogens is 3. The van der Waals surface area contributed by atoms with E-state index in [1.807, 2.05) is 0 Å². The van der Waals surface area contributed by atoms with Crippen LogP contribution in [-0.4, -0.2) is 19.3 Å². The summed E-state index contributed by atoms with van der Waals surface area (Å²) in [5.74, 6) is 0. The third-order valence-corrected chi connectivity index (χ3v) is 7.01. The molecule has 112 valence electrons. The molecule has 0 heterocycles. The number of nitrogens with one attached hydrogen (secondary N) is 1. The van der Waals surface area contributed by atoms with Gasteiger partial charge in [0.2, 0.25) is 10.0 Å². The second kappa shape index (κ2) is 6.53. The van der Waals surface area contributed by atoms with Gasteiger partial charge >= 0.3 is 0 Å². The van der Waals surface area contributed by atoms with Gasteiger partial charge in [0.05, 0.1) is 14.9 Å². The molecule has 7 heteroatoms. The molecular formula is C13H16BrCl2NO2S. The molecule has 1 aromatic rings. The van der Waals surface area contributed by atoms with Gasteiger partial charge in [-0.05, 0) is 31.0 Å². The number of hydrogen-bond donors (Lipinski definition) is 1. The summed E-state index contributed by atoms with van der Waals surface area (Å²) in [5, 5.41) is 1.20. The molecule has 0 amide bonds. The van der Waals surface area contributed by atoms with Gasteiger partial charge in [-0.25, -0.2) is 13.1 Å². The van der Waals surface area contributed by atoms with Crippen molar-refractivity contribution in [2.75, 3.05) is 5.33 Å². The topological polar surface area (TPSA) is 46.2 Å². The fraction of sp³-hybridized carbons (Fsp3) is 0.538. The largest absolute Gasteiger partial charge is 0.241 e. The van der Waals surface area contributed by atoms with Crippen LogP contribution in [0.25, 0.3) is 0 Å². The Morgan fingerprint density at radius 1 is 1.15 bits per heavy atom. The fourth-order valence-electron chi connectivity index (χ4n) is 2.48. The number of sulfonamides is 1. The van der Waals surface area contributed by atoms with Crippen LogP contribution in [0.2, 0.25) is 10.0 Å². The Bertz CT molecular complexity index is 586. The minimum absolute atomic E-state index is 0.151. The first-order chi connectivity index (χ1) is 9.38. The van der Waals surface area contributed by atoms with Crippen LogP contribution in [-0.2, 0) is 10.0 Å². The first-order valence-corrected chi connectivity index (χ1v) is 9.80. The van der Waals surface area contributed by atoms with Crippen molar-refractivity contribution in [3.8, 4) is 0 Å². The predicted octanol–water partition coefficient (Wildman–Crippen LogP) is 4.37. The summed E-state index contributed by atoms with van der Waals surface area (Å²) in [6, 6.07) is 4.36. The van der Waals surface area contributed by atoms with Crippen LogP contribution >= 0.6 is 39.1 Å². The Labute approximate surface area is 138 Å². The second-order valence-electron chi connectivity index (χ2n) is 5.16. The van der Waals surface area contributed by atoms with E-state index in [0.29, 0.717) is 10.4 Å². The zero-order valence-corrected chi connectivity index (χ0v) is 14.7. The molecule has 2 rings (SSSR count). The molecule has 20 heavy (non-hydrogen) atoms. The number of benzene rings is 1. The lowest BCUT2D eigenvalue weighted by molar-refractivity contribution is 0.301. The summed E-state index contributed by atoms with van der Waals surface area (Å²) in [7, 11) is -3.59. The zero-order chi connectivity index (χ0) is 14.8. The third-order valence-electron chi connectivity index (χ3n) is 3.62. The highest BCUT2D eigenvalue weighted by Crippen LogP contribution is 2.32. The smallest absolute Gasteiger partial charge is 0.207 e. The molecule has 1 fully saturated rings. The Morgan fingerprint density at radius 2 is 1.80 bits per heavy atom. The molecule has 1 aromatic carbocycles. The monoisotopic (exact) mass is 399 g/mol. The van der Waals surface area contributed by atoms with Gasteiger partial charge < -0.3 is 0 Å². The van der Waals surface area contributed by atoms with Crippen LogP contribution in [0.5, 0.6) is 0 Å². The summed E-state index contributed by atoms with van der Waals surface area (Å²) >= 11 is 15.2. The van der Waals surface area contributed by atoms with Gasteiger partial charge in [0.25, 0.3) is 0 Å². The highest BCUT2D eigenvalue weighted by molar-refractivity contribution is 9.09. The van der Waals surface area contributed by atoms with E-state index in [2.05, 4.69) is 20.7 Å². The summed E-state index contributed by atoms with van der Waals surface area (Å²) < 4.78 is 27.8. The lowest BCUT2D eigenvalue weighted by Crippen LogP contribution is -2.51. The lowest BCUT2D eigenvalue weighted by Gasteiger charge is -2.36. The molecule has 0 unspecified atom stereocenters. The van der Waals surface area contributed by atoms with E-state index in [4.69, 9.17) is 23.2 Å². The average Bonchev–Trinajstić information content (AvgIpc) is 2.42. The average molecular weight is 401 g/mol. The van der Waals surface area contributed by atoms with Crippen LogP contribution in [0.3, 0.4) is 0 Å². The summed E-state index contributed by atoms with van der Waals surface area (Å²) in [6.45, 7) is 0. The fourth-order valence-corrected chi connectivity index (χ4v) is 5.21. The molecule has 0 spiro atoms. The predicted molar refractivity (Wildman–Crippen MR) is 86.4 cm³/mol. The molecule has 1 saturated carbocycles. The molecule has 1 aliphatic carbocycles. The van der Waals surface area contributed by atoms with Crippen molar-refractivity contribution in [2.45, 2.75) is 42.5 Å². The van der Waals surface area contributed by atoms with E-state index < -0.39 is 15.6 Å². The quantitative estimate of drug-likeness (QED) is 0.762. The third kappa shape index (κ3) is 3.69. The highest BCUT2D eigenvalue weighted by Gasteiger charge is 2.35. The SMILES string of the molecule is O=S(=O)(NC1(CBr)CCCCC1)c1ccc(Cl)c(Cl)c1. The Balaban J connectivity index is 2.27. The molecule has 0 atom stereocenters. The van der Waals surface area contributed by atoms with E-state index >= 15 is 0 Å². The molecule has 0 bridgehead atoms. The number of hydrogen-bond acceptors (Lipinski definition) is 2.